The van der Waals surface area contributed by atoms with Crippen LogP contribution in [-0.4, -0.2) is 108 Å². The molecule has 0 unspecified atom stereocenters. The lowest BCUT2D eigenvalue weighted by Crippen LogP contribution is -2.53. The van der Waals surface area contributed by atoms with Crippen molar-refractivity contribution in [3.8, 4) is 11.3 Å². The minimum atomic E-state index is -0.00477. The van der Waals surface area contributed by atoms with E-state index in [0.717, 1.165) is 72.6 Å². The number of para-hydroxylation sites is 1. The second-order valence-electron chi connectivity index (χ2n) is 13.1. The third-order valence-corrected chi connectivity index (χ3v) is 10.0. The summed E-state index contributed by atoms with van der Waals surface area (Å²) in [6.45, 7) is 10.2. The van der Waals surface area contributed by atoms with E-state index < -0.39 is 0 Å². The number of piperazine rings is 2. The number of nitrogens with zero attached hydrogens (tertiary/aromatic N) is 5. The number of aromatic nitrogens is 1. The maximum Gasteiger partial charge on any atom is 0.252 e. The lowest BCUT2D eigenvalue weighted by Gasteiger charge is -2.37. The van der Waals surface area contributed by atoms with E-state index in [1.807, 2.05) is 47.4 Å². The van der Waals surface area contributed by atoms with E-state index in [-0.39, 0.29) is 17.9 Å². The maximum absolute atomic E-state index is 14.3. The summed E-state index contributed by atoms with van der Waals surface area (Å²) >= 11 is 0. The van der Waals surface area contributed by atoms with Gasteiger partial charge < -0.3 is 15.1 Å². The van der Waals surface area contributed by atoms with Crippen LogP contribution >= 0.6 is 0 Å². The van der Waals surface area contributed by atoms with Crippen LogP contribution in [0.25, 0.3) is 22.2 Å². The van der Waals surface area contributed by atoms with Gasteiger partial charge in [0, 0.05) is 81.5 Å². The molecule has 2 aromatic carbocycles. The molecule has 3 heterocycles. The van der Waals surface area contributed by atoms with Crippen LogP contribution in [0.3, 0.4) is 0 Å². The standard InChI is InChI=1S/C36H48N6O2/c1-27(28-11-5-3-6-12-28)37-36(44)34-30-15-9-10-16-32(30)38-35(29-13-7-4-8-14-29)31(34)25-40-21-23-42(24-22-40)33(43)26-41-19-17-39(2)18-20-41/h4,7-10,13-16,27-28H,3,5-6,11-12,17-26H2,1-2H3,(H,37,44)/t27-/m0/s1. The summed E-state index contributed by atoms with van der Waals surface area (Å²) in [7, 11) is 2.14. The molecule has 3 fully saturated rings. The van der Waals surface area contributed by atoms with E-state index in [1.165, 1.54) is 32.1 Å². The number of pyridine rings is 1. The molecule has 0 bridgehead atoms. The predicted octanol–water partition coefficient (Wildman–Crippen LogP) is 4.49. The predicted molar refractivity (Wildman–Crippen MR) is 176 cm³/mol. The summed E-state index contributed by atoms with van der Waals surface area (Å²) in [6, 6.07) is 18.4. The first-order chi connectivity index (χ1) is 21.5. The van der Waals surface area contributed by atoms with Crippen LogP contribution in [0.2, 0.25) is 0 Å². The molecule has 3 aromatic rings. The van der Waals surface area contributed by atoms with E-state index in [0.29, 0.717) is 32.1 Å². The van der Waals surface area contributed by atoms with E-state index in [9.17, 15) is 9.59 Å². The molecule has 1 aromatic heterocycles. The number of hydrogen-bond acceptors (Lipinski definition) is 6. The first-order valence-electron chi connectivity index (χ1n) is 16.6. The number of hydrogen-bond donors (Lipinski definition) is 1. The Balaban J connectivity index is 1.25. The number of benzene rings is 2. The van der Waals surface area contributed by atoms with Crippen molar-refractivity contribution in [2.75, 3.05) is 66.0 Å². The fourth-order valence-corrected chi connectivity index (χ4v) is 7.21. The van der Waals surface area contributed by atoms with Crippen LogP contribution in [0.1, 0.15) is 54.9 Å². The van der Waals surface area contributed by atoms with Crippen LogP contribution in [0.5, 0.6) is 0 Å². The Labute approximate surface area is 262 Å². The molecule has 0 radical (unpaired) electrons. The van der Waals surface area contributed by atoms with Gasteiger partial charge in [0.25, 0.3) is 5.91 Å². The Hall–Kier alpha value is -3.33. The SMILES string of the molecule is C[C@H](NC(=O)c1c(CN2CCN(C(=O)CN3CCN(C)CC3)CC2)c(-c2ccccc2)nc2ccccc12)C1CCCCC1. The smallest absolute Gasteiger partial charge is 0.252 e. The molecule has 2 aliphatic heterocycles. The van der Waals surface area contributed by atoms with Gasteiger partial charge >= 0.3 is 0 Å². The molecule has 1 atom stereocenters. The number of likely N-dealkylation sites (N-methyl/N-ethyl adjacent to an activating group) is 1. The van der Waals surface area contributed by atoms with E-state index in [2.05, 4.69) is 46.1 Å². The van der Waals surface area contributed by atoms with Gasteiger partial charge in [-0.1, -0.05) is 67.8 Å². The highest BCUT2D eigenvalue weighted by Gasteiger charge is 2.29. The molecule has 1 aliphatic carbocycles. The Morgan fingerprint density at radius 1 is 0.841 bits per heavy atom. The maximum atomic E-state index is 14.3. The first kappa shape index (κ1) is 30.7. The largest absolute Gasteiger partial charge is 0.349 e. The molecule has 8 nitrogen and oxygen atoms in total. The monoisotopic (exact) mass is 596 g/mol. The van der Waals surface area contributed by atoms with Crippen LogP contribution in [0.15, 0.2) is 54.6 Å². The third-order valence-electron chi connectivity index (χ3n) is 10.0. The molecular formula is C36H48N6O2. The van der Waals surface area contributed by atoms with Crippen LogP contribution in [0, 0.1) is 5.92 Å². The molecule has 8 heteroatoms. The van der Waals surface area contributed by atoms with Crippen molar-refractivity contribution in [1.29, 1.82) is 0 Å². The van der Waals surface area contributed by atoms with E-state index >= 15 is 0 Å². The molecule has 6 rings (SSSR count). The quantitative estimate of drug-likeness (QED) is 0.413. The zero-order valence-corrected chi connectivity index (χ0v) is 26.5. The first-order valence-corrected chi connectivity index (χ1v) is 16.6. The molecule has 44 heavy (non-hydrogen) atoms. The topological polar surface area (TPSA) is 72.0 Å². The Morgan fingerprint density at radius 2 is 1.50 bits per heavy atom. The molecular weight excluding hydrogens is 548 g/mol. The van der Waals surface area contributed by atoms with Crippen molar-refractivity contribution in [3.05, 3.63) is 65.7 Å². The number of amides is 2. The van der Waals surface area contributed by atoms with E-state index in [4.69, 9.17) is 4.98 Å². The van der Waals surface area contributed by atoms with Crippen molar-refractivity contribution in [2.45, 2.75) is 51.6 Å². The molecule has 3 aliphatic rings. The normalized spacial score (nSPS) is 20.1. The second kappa shape index (κ2) is 14.2. The summed E-state index contributed by atoms with van der Waals surface area (Å²) in [5.74, 6) is 0.743. The lowest BCUT2D eigenvalue weighted by molar-refractivity contribution is -0.134. The van der Waals surface area contributed by atoms with Crippen LogP contribution in [-0.2, 0) is 11.3 Å². The van der Waals surface area contributed by atoms with Gasteiger partial charge in [0.05, 0.1) is 23.3 Å². The fraction of sp³-hybridized carbons (Fsp3) is 0.528. The van der Waals surface area contributed by atoms with Gasteiger partial charge in [-0.05, 0) is 38.8 Å². The molecule has 234 valence electrons. The average Bonchev–Trinajstić information content (AvgIpc) is 3.06. The Morgan fingerprint density at radius 3 is 2.23 bits per heavy atom. The van der Waals surface area contributed by atoms with Gasteiger partial charge in [-0.3, -0.25) is 19.4 Å². The highest BCUT2D eigenvalue weighted by atomic mass is 16.2. The lowest BCUT2D eigenvalue weighted by atomic mass is 9.84. The van der Waals surface area contributed by atoms with Crippen LogP contribution < -0.4 is 5.32 Å². The fourth-order valence-electron chi connectivity index (χ4n) is 7.21. The van der Waals surface area contributed by atoms with Crippen molar-refractivity contribution in [2.24, 2.45) is 5.92 Å². The number of nitrogens with one attached hydrogen (secondary N) is 1. The zero-order valence-electron chi connectivity index (χ0n) is 26.5. The summed E-state index contributed by atoms with van der Waals surface area (Å²) in [6.07, 6.45) is 6.15. The summed E-state index contributed by atoms with van der Waals surface area (Å²) in [5, 5.41) is 4.33. The minimum absolute atomic E-state index is 0.00477. The van der Waals surface area contributed by atoms with Gasteiger partial charge in [0.2, 0.25) is 5.91 Å². The van der Waals surface area contributed by atoms with Crippen LogP contribution in [0.4, 0.5) is 0 Å². The van der Waals surface area contributed by atoms with Crippen molar-refractivity contribution >= 4 is 22.7 Å². The van der Waals surface area contributed by atoms with E-state index in [1.54, 1.807) is 0 Å². The van der Waals surface area contributed by atoms with Gasteiger partial charge in [-0.2, -0.15) is 0 Å². The summed E-state index contributed by atoms with van der Waals surface area (Å²) in [4.78, 5) is 41.6. The zero-order chi connectivity index (χ0) is 30.5. The van der Waals surface area contributed by atoms with Gasteiger partial charge in [-0.25, -0.2) is 4.98 Å². The van der Waals surface area contributed by atoms with Crippen molar-refractivity contribution in [3.63, 3.8) is 0 Å². The van der Waals surface area contributed by atoms with Gasteiger partial charge in [0.1, 0.15) is 0 Å². The van der Waals surface area contributed by atoms with Crippen molar-refractivity contribution < 1.29 is 9.59 Å². The minimum Gasteiger partial charge on any atom is -0.349 e. The van der Waals surface area contributed by atoms with Gasteiger partial charge in [-0.15, -0.1) is 0 Å². The molecule has 1 N–H and O–H groups in total. The number of carbonyl (C=O) groups is 2. The number of rotatable bonds is 8. The third kappa shape index (κ3) is 7.14. The molecule has 2 amide bonds. The second-order valence-corrected chi connectivity index (χ2v) is 13.1. The highest BCUT2D eigenvalue weighted by molar-refractivity contribution is 6.09. The average molecular weight is 597 g/mol. The summed E-state index contributed by atoms with van der Waals surface area (Å²) in [5.41, 5.74) is 4.44. The Kier molecular flexibility index (Phi) is 9.89. The van der Waals surface area contributed by atoms with Gasteiger partial charge in [0.15, 0.2) is 0 Å². The highest BCUT2D eigenvalue weighted by Crippen LogP contribution is 2.33. The molecule has 1 saturated carbocycles. The molecule has 2 saturated heterocycles. The Bertz CT molecular complexity index is 1420. The summed E-state index contributed by atoms with van der Waals surface area (Å²) < 4.78 is 0. The number of carbonyl (C=O) groups excluding carboxylic acids is 2. The van der Waals surface area contributed by atoms with Crippen molar-refractivity contribution in [1.82, 2.24) is 29.9 Å². The molecule has 0 spiro atoms. The number of fused-ring (bicyclic) bond motifs is 1.